The van der Waals surface area contributed by atoms with E-state index >= 15 is 0 Å². The molecule has 0 saturated carbocycles. The van der Waals surface area contributed by atoms with Crippen molar-refractivity contribution >= 4 is 70.5 Å². The van der Waals surface area contributed by atoms with Gasteiger partial charge in [-0.1, -0.05) is 146 Å². The van der Waals surface area contributed by atoms with E-state index in [0.29, 0.717) is 0 Å². The summed E-state index contributed by atoms with van der Waals surface area (Å²) in [5, 5.41) is 4.73. The molecule has 2 aromatic heterocycles. The summed E-state index contributed by atoms with van der Waals surface area (Å²) in [4.78, 5) is 2.43. The maximum atomic E-state index is 6.74. The van der Waals surface area contributed by atoms with Crippen LogP contribution in [0.5, 0.6) is 0 Å². The first-order valence-corrected chi connectivity index (χ1v) is 18.1. The molecule has 3 heteroatoms. The van der Waals surface area contributed by atoms with Crippen LogP contribution in [0.1, 0.15) is 0 Å². The standard InChI is InChI=1S/C48H31NOS/c1-4-13-32(14-5-1)34-23-26-37(27-24-34)49(42-30-29-38(35-17-8-3-9-18-35)47-46(42)41-19-10-11-22-44(41)50-47)43-21-12-20-40-39-28-25-36(31-45(39)51-48(40)43)33-15-6-2-7-16-33/h1-31H. The number of fused-ring (bicyclic) bond motifs is 6. The van der Waals surface area contributed by atoms with Gasteiger partial charge >= 0.3 is 0 Å². The van der Waals surface area contributed by atoms with Crippen molar-refractivity contribution < 1.29 is 4.42 Å². The Labute approximate surface area is 300 Å². The van der Waals surface area contributed by atoms with Gasteiger partial charge in [-0.05, 0) is 70.3 Å². The maximum Gasteiger partial charge on any atom is 0.145 e. The minimum Gasteiger partial charge on any atom is -0.455 e. The molecule has 0 unspecified atom stereocenters. The Kier molecular flexibility index (Phi) is 7.04. The SMILES string of the molecule is c1ccc(-c2ccc(N(c3cccc4c3sc3cc(-c5ccccc5)ccc34)c3ccc(-c4ccccc4)c4oc5ccccc5c34)cc2)cc1. The van der Waals surface area contributed by atoms with Crippen LogP contribution in [0.15, 0.2) is 192 Å². The number of hydrogen-bond donors (Lipinski definition) is 0. The molecule has 2 heterocycles. The summed E-state index contributed by atoms with van der Waals surface area (Å²) in [6.07, 6.45) is 0. The van der Waals surface area contributed by atoms with E-state index in [2.05, 4.69) is 187 Å². The van der Waals surface area contributed by atoms with Gasteiger partial charge in [-0.2, -0.15) is 0 Å². The summed E-state index contributed by atoms with van der Waals surface area (Å²) in [5.74, 6) is 0. The molecule has 0 aliphatic heterocycles. The molecule has 0 aliphatic carbocycles. The molecule has 240 valence electrons. The molecule has 0 saturated heterocycles. The number of hydrogen-bond acceptors (Lipinski definition) is 3. The van der Waals surface area contributed by atoms with E-state index in [-0.39, 0.29) is 0 Å². The lowest BCUT2D eigenvalue weighted by molar-refractivity contribution is 0.670. The lowest BCUT2D eigenvalue weighted by Gasteiger charge is -2.27. The van der Waals surface area contributed by atoms with Crippen molar-refractivity contribution in [1.82, 2.24) is 0 Å². The van der Waals surface area contributed by atoms with Crippen molar-refractivity contribution in [2.45, 2.75) is 0 Å². The van der Waals surface area contributed by atoms with Crippen molar-refractivity contribution in [1.29, 1.82) is 0 Å². The Balaban J connectivity index is 1.24. The van der Waals surface area contributed by atoms with Gasteiger partial charge in [0.2, 0.25) is 0 Å². The highest BCUT2D eigenvalue weighted by Gasteiger charge is 2.24. The molecular weight excluding hydrogens is 639 g/mol. The summed E-state index contributed by atoms with van der Waals surface area (Å²) >= 11 is 1.86. The second-order valence-corrected chi connectivity index (χ2v) is 13.9. The first-order chi connectivity index (χ1) is 25.3. The van der Waals surface area contributed by atoms with Gasteiger partial charge in [-0.3, -0.25) is 0 Å². The van der Waals surface area contributed by atoms with Gasteiger partial charge in [0.1, 0.15) is 11.2 Å². The van der Waals surface area contributed by atoms with E-state index < -0.39 is 0 Å². The average Bonchev–Trinajstić information content (AvgIpc) is 3.79. The Morgan fingerprint density at radius 2 is 1.02 bits per heavy atom. The minimum absolute atomic E-state index is 0.880. The minimum atomic E-state index is 0.880. The van der Waals surface area contributed by atoms with Gasteiger partial charge < -0.3 is 9.32 Å². The van der Waals surface area contributed by atoms with Gasteiger partial charge in [-0.15, -0.1) is 11.3 Å². The molecule has 2 nitrogen and oxygen atoms in total. The lowest BCUT2D eigenvalue weighted by Crippen LogP contribution is -2.10. The molecular formula is C48H31NOS. The molecule has 0 N–H and O–H groups in total. The summed E-state index contributed by atoms with van der Waals surface area (Å²) in [7, 11) is 0. The fourth-order valence-electron chi connectivity index (χ4n) is 7.45. The van der Waals surface area contributed by atoms with Crippen LogP contribution >= 0.6 is 11.3 Å². The Morgan fingerprint density at radius 1 is 0.412 bits per heavy atom. The van der Waals surface area contributed by atoms with Crippen LogP contribution in [0.3, 0.4) is 0 Å². The highest BCUT2D eigenvalue weighted by atomic mass is 32.1. The smallest absolute Gasteiger partial charge is 0.145 e. The average molecular weight is 670 g/mol. The van der Waals surface area contributed by atoms with E-state index in [0.717, 1.165) is 50.1 Å². The van der Waals surface area contributed by atoms with Crippen molar-refractivity contribution in [2.24, 2.45) is 0 Å². The predicted molar refractivity (Wildman–Crippen MR) is 218 cm³/mol. The third-order valence-electron chi connectivity index (χ3n) is 9.89. The van der Waals surface area contributed by atoms with Gasteiger partial charge in [0.05, 0.1) is 21.5 Å². The summed E-state index contributed by atoms with van der Waals surface area (Å²) < 4.78 is 9.27. The molecule has 0 atom stereocenters. The number of anilines is 3. The van der Waals surface area contributed by atoms with E-state index in [1.54, 1.807) is 0 Å². The zero-order chi connectivity index (χ0) is 33.7. The second kappa shape index (κ2) is 12.2. The summed E-state index contributed by atoms with van der Waals surface area (Å²) in [5.41, 5.74) is 12.1. The van der Waals surface area contributed by atoms with E-state index in [1.807, 2.05) is 17.4 Å². The van der Waals surface area contributed by atoms with Crippen LogP contribution < -0.4 is 4.90 Å². The van der Waals surface area contributed by atoms with E-state index in [4.69, 9.17) is 4.42 Å². The first-order valence-electron chi connectivity index (χ1n) is 17.3. The van der Waals surface area contributed by atoms with Crippen LogP contribution in [0.4, 0.5) is 17.1 Å². The number of nitrogens with zero attached hydrogens (tertiary/aromatic N) is 1. The summed E-state index contributed by atoms with van der Waals surface area (Å²) in [6.45, 7) is 0. The zero-order valence-corrected chi connectivity index (χ0v) is 28.5. The van der Waals surface area contributed by atoms with Gasteiger partial charge in [0.25, 0.3) is 0 Å². The van der Waals surface area contributed by atoms with E-state index in [9.17, 15) is 0 Å². The molecule has 0 aliphatic rings. The Morgan fingerprint density at radius 3 is 1.76 bits per heavy atom. The molecule has 0 spiro atoms. The predicted octanol–water partition coefficient (Wildman–Crippen LogP) is 14.4. The number of para-hydroxylation sites is 1. The van der Waals surface area contributed by atoms with E-state index in [1.165, 1.54) is 42.4 Å². The number of rotatable bonds is 6. The van der Waals surface area contributed by atoms with Gasteiger partial charge in [0.15, 0.2) is 0 Å². The highest BCUT2D eigenvalue weighted by molar-refractivity contribution is 7.26. The van der Waals surface area contributed by atoms with Crippen LogP contribution in [0, 0.1) is 0 Å². The normalized spacial score (nSPS) is 11.5. The fourth-order valence-corrected chi connectivity index (χ4v) is 8.70. The van der Waals surface area contributed by atoms with Crippen molar-refractivity contribution in [2.75, 3.05) is 4.90 Å². The molecule has 51 heavy (non-hydrogen) atoms. The van der Waals surface area contributed by atoms with Gasteiger partial charge in [-0.25, -0.2) is 0 Å². The first kappa shape index (κ1) is 29.5. The molecule has 0 amide bonds. The molecule has 8 aromatic carbocycles. The fraction of sp³-hybridized carbons (Fsp3) is 0. The topological polar surface area (TPSA) is 16.4 Å². The second-order valence-electron chi connectivity index (χ2n) is 12.9. The van der Waals surface area contributed by atoms with Crippen LogP contribution in [0.25, 0.3) is 75.5 Å². The number of thiophene rings is 1. The van der Waals surface area contributed by atoms with Crippen molar-refractivity contribution in [3.63, 3.8) is 0 Å². The van der Waals surface area contributed by atoms with Crippen molar-refractivity contribution in [3.8, 4) is 33.4 Å². The van der Waals surface area contributed by atoms with Gasteiger partial charge in [0, 0.05) is 32.1 Å². The lowest BCUT2D eigenvalue weighted by atomic mass is 9.99. The van der Waals surface area contributed by atoms with Crippen LogP contribution in [-0.2, 0) is 0 Å². The number of furan rings is 1. The molecule has 10 rings (SSSR count). The molecule has 10 aromatic rings. The monoisotopic (exact) mass is 669 g/mol. The third-order valence-corrected chi connectivity index (χ3v) is 11.1. The maximum absolute atomic E-state index is 6.74. The molecule has 0 bridgehead atoms. The van der Waals surface area contributed by atoms with Crippen molar-refractivity contribution in [3.05, 3.63) is 188 Å². The third kappa shape index (κ3) is 5.01. The quantitative estimate of drug-likeness (QED) is 0.175. The summed E-state index contributed by atoms with van der Waals surface area (Å²) in [6, 6.07) is 67.2. The zero-order valence-electron chi connectivity index (χ0n) is 27.7. The van der Waals surface area contributed by atoms with Crippen LogP contribution in [-0.4, -0.2) is 0 Å². The largest absolute Gasteiger partial charge is 0.455 e. The Hall–Kier alpha value is -6.42. The Bertz CT molecular complexity index is 2840. The van der Waals surface area contributed by atoms with Crippen LogP contribution in [0.2, 0.25) is 0 Å². The number of benzene rings is 8. The molecule has 0 radical (unpaired) electrons. The highest BCUT2D eigenvalue weighted by Crippen LogP contribution is 2.50. The molecule has 0 fully saturated rings.